The molecule has 25 heavy (non-hydrogen) atoms. The van der Waals surface area contributed by atoms with Crippen molar-refractivity contribution in [3.05, 3.63) is 77.5 Å². The van der Waals surface area contributed by atoms with Gasteiger partial charge in [-0.25, -0.2) is 9.97 Å². The maximum Gasteiger partial charge on any atom is 0.312 e. The van der Waals surface area contributed by atoms with Gasteiger partial charge in [-0.3, -0.25) is 4.79 Å². The largest absolute Gasteiger partial charge is 0.481 e. The molecular weight excluding hydrogens is 316 g/mol. The van der Waals surface area contributed by atoms with Crippen molar-refractivity contribution in [3.63, 3.8) is 0 Å². The Bertz CT molecular complexity index is 871. The zero-order chi connectivity index (χ0) is 17.8. The molecule has 0 bridgehead atoms. The predicted molar refractivity (Wildman–Crippen MR) is 95.2 cm³/mol. The second-order valence-corrected chi connectivity index (χ2v) is 6.08. The van der Waals surface area contributed by atoms with E-state index in [2.05, 4.69) is 29.0 Å². The molecule has 1 unspecified atom stereocenters. The molecule has 0 aliphatic carbocycles. The predicted octanol–water partition coefficient (Wildman–Crippen LogP) is 2.63. The van der Waals surface area contributed by atoms with E-state index in [1.807, 2.05) is 16.7 Å². The van der Waals surface area contributed by atoms with Gasteiger partial charge in [0.2, 0.25) is 0 Å². The van der Waals surface area contributed by atoms with Crippen LogP contribution in [0, 0.1) is 6.92 Å². The minimum Gasteiger partial charge on any atom is -0.481 e. The first-order valence-corrected chi connectivity index (χ1v) is 8.02. The summed E-state index contributed by atoms with van der Waals surface area (Å²) in [5.41, 5.74) is 9.31. The molecule has 3 aromatic rings. The van der Waals surface area contributed by atoms with Gasteiger partial charge in [0.1, 0.15) is 11.7 Å². The Morgan fingerprint density at radius 3 is 2.72 bits per heavy atom. The summed E-state index contributed by atoms with van der Waals surface area (Å²) in [5, 5.41) is 9.59. The quantitative estimate of drug-likeness (QED) is 0.721. The number of rotatable bonds is 6. The average Bonchev–Trinajstić information content (AvgIpc) is 3.04. The molecule has 1 aromatic carbocycles. The van der Waals surface area contributed by atoms with Gasteiger partial charge in [0.05, 0.1) is 12.0 Å². The van der Waals surface area contributed by atoms with Crippen molar-refractivity contribution in [2.45, 2.75) is 25.8 Å². The van der Waals surface area contributed by atoms with Gasteiger partial charge in [-0.1, -0.05) is 30.3 Å². The van der Waals surface area contributed by atoms with Crippen LogP contribution in [0.3, 0.4) is 0 Å². The molecule has 0 spiro atoms. The SMILES string of the molecule is Cc1ccccc1Cn1cnc(C(Cc2ccc(N)nc2)C(=O)O)c1. The normalized spacial score (nSPS) is 12.0. The fourth-order valence-corrected chi connectivity index (χ4v) is 2.74. The molecule has 3 rings (SSSR count). The van der Waals surface area contributed by atoms with Crippen LogP contribution in [0.4, 0.5) is 5.82 Å². The third-order valence-corrected chi connectivity index (χ3v) is 4.21. The van der Waals surface area contributed by atoms with E-state index in [0.29, 0.717) is 24.5 Å². The van der Waals surface area contributed by atoms with Crippen molar-refractivity contribution in [2.75, 3.05) is 5.73 Å². The number of carboxylic acid groups (broad SMARTS) is 1. The molecule has 6 nitrogen and oxygen atoms in total. The number of aromatic nitrogens is 3. The maximum atomic E-state index is 11.7. The number of imidazole rings is 1. The zero-order valence-corrected chi connectivity index (χ0v) is 14.0. The molecule has 6 heteroatoms. The number of carbonyl (C=O) groups is 1. The molecule has 0 radical (unpaired) electrons. The van der Waals surface area contributed by atoms with E-state index in [-0.39, 0.29) is 0 Å². The Balaban J connectivity index is 1.79. The van der Waals surface area contributed by atoms with Crippen LogP contribution in [0.5, 0.6) is 0 Å². The fourth-order valence-electron chi connectivity index (χ4n) is 2.74. The third-order valence-electron chi connectivity index (χ3n) is 4.21. The van der Waals surface area contributed by atoms with E-state index in [0.717, 1.165) is 5.56 Å². The van der Waals surface area contributed by atoms with E-state index >= 15 is 0 Å². The number of carboxylic acids is 1. The van der Waals surface area contributed by atoms with Crippen LogP contribution in [-0.2, 0) is 17.8 Å². The monoisotopic (exact) mass is 336 g/mol. The fraction of sp³-hybridized carbons (Fsp3) is 0.211. The van der Waals surface area contributed by atoms with E-state index in [4.69, 9.17) is 5.73 Å². The topological polar surface area (TPSA) is 94.0 Å². The minimum absolute atomic E-state index is 0.323. The van der Waals surface area contributed by atoms with Crippen molar-refractivity contribution in [1.82, 2.24) is 14.5 Å². The molecule has 0 saturated carbocycles. The lowest BCUT2D eigenvalue weighted by atomic mass is 9.98. The summed E-state index contributed by atoms with van der Waals surface area (Å²) >= 11 is 0. The Labute approximate surface area is 146 Å². The van der Waals surface area contributed by atoms with Crippen LogP contribution < -0.4 is 5.73 Å². The van der Waals surface area contributed by atoms with Crippen molar-refractivity contribution < 1.29 is 9.90 Å². The lowest BCUT2D eigenvalue weighted by Crippen LogP contribution is -2.15. The van der Waals surface area contributed by atoms with Gasteiger partial charge in [-0.05, 0) is 36.1 Å². The van der Waals surface area contributed by atoms with Crippen molar-refractivity contribution in [1.29, 1.82) is 0 Å². The number of benzene rings is 1. The molecule has 128 valence electrons. The Morgan fingerprint density at radius 2 is 2.04 bits per heavy atom. The van der Waals surface area contributed by atoms with E-state index in [9.17, 15) is 9.90 Å². The molecule has 0 aliphatic heterocycles. The Kier molecular flexibility index (Phi) is 4.79. The van der Waals surface area contributed by atoms with Crippen LogP contribution >= 0.6 is 0 Å². The Morgan fingerprint density at radius 1 is 1.24 bits per heavy atom. The van der Waals surface area contributed by atoms with Crippen molar-refractivity contribution >= 4 is 11.8 Å². The Hall–Kier alpha value is -3.15. The van der Waals surface area contributed by atoms with Gasteiger partial charge < -0.3 is 15.4 Å². The number of aryl methyl sites for hydroxylation is 1. The van der Waals surface area contributed by atoms with E-state index in [1.165, 1.54) is 11.1 Å². The van der Waals surface area contributed by atoms with Gasteiger partial charge in [-0.2, -0.15) is 0 Å². The van der Waals surface area contributed by atoms with Crippen LogP contribution in [-0.4, -0.2) is 25.6 Å². The van der Waals surface area contributed by atoms with Crippen LogP contribution in [0.25, 0.3) is 0 Å². The summed E-state index contributed by atoms with van der Waals surface area (Å²) in [6.07, 6.45) is 5.41. The number of anilines is 1. The highest BCUT2D eigenvalue weighted by atomic mass is 16.4. The van der Waals surface area contributed by atoms with Gasteiger partial charge in [0, 0.05) is 18.9 Å². The lowest BCUT2D eigenvalue weighted by molar-refractivity contribution is -0.138. The summed E-state index contributed by atoms with van der Waals surface area (Å²) in [7, 11) is 0. The molecule has 0 amide bonds. The number of nitrogens with zero attached hydrogens (tertiary/aromatic N) is 3. The molecule has 2 aromatic heterocycles. The number of hydrogen-bond acceptors (Lipinski definition) is 4. The summed E-state index contributed by atoms with van der Waals surface area (Å²) in [6, 6.07) is 11.6. The molecule has 3 N–H and O–H groups in total. The number of hydrogen-bond donors (Lipinski definition) is 2. The zero-order valence-electron chi connectivity index (χ0n) is 14.0. The number of nitrogens with two attached hydrogens (primary N) is 1. The molecule has 0 saturated heterocycles. The molecular formula is C19H20N4O2. The highest BCUT2D eigenvalue weighted by Gasteiger charge is 2.23. The first-order chi connectivity index (χ1) is 12.0. The van der Waals surface area contributed by atoms with E-state index < -0.39 is 11.9 Å². The smallest absolute Gasteiger partial charge is 0.312 e. The van der Waals surface area contributed by atoms with Crippen LogP contribution in [0.1, 0.15) is 28.3 Å². The molecule has 1 atom stereocenters. The van der Waals surface area contributed by atoms with Gasteiger partial charge in [0.15, 0.2) is 0 Å². The lowest BCUT2D eigenvalue weighted by Gasteiger charge is -2.10. The number of pyridine rings is 1. The van der Waals surface area contributed by atoms with Gasteiger partial charge in [-0.15, -0.1) is 0 Å². The van der Waals surface area contributed by atoms with E-state index in [1.54, 1.807) is 30.9 Å². The highest BCUT2D eigenvalue weighted by Crippen LogP contribution is 2.21. The van der Waals surface area contributed by atoms with Gasteiger partial charge in [0.25, 0.3) is 0 Å². The average molecular weight is 336 g/mol. The second kappa shape index (κ2) is 7.17. The highest BCUT2D eigenvalue weighted by molar-refractivity contribution is 5.75. The maximum absolute atomic E-state index is 11.7. The number of aliphatic carboxylic acids is 1. The first-order valence-electron chi connectivity index (χ1n) is 8.02. The first kappa shape index (κ1) is 16.7. The summed E-state index contributed by atoms with van der Waals surface area (Å²) < 4.78 is 1.91. The standard InChI is InChI=1S/C19H20N4O2/c1-13-4-2-3-5-15(13)10-23-11-17(22-12-23)16(19(24)25)8-14-6-7-18(20)21-9-14/h2-7,9,11-12,16H,8,10H2,1H3,(H2,20,21)(H,24,25). The van der Waals surface area contributed by atoms with Crippen molar-refractivity contribution in [2.24, 2.45) is 0 Å². The summed E-state index contributed by atoms with van der Waals surface area (Å²) in [4.78, 5) is 20.0. The van der Waals surface area contributed by atoms with Crippen LogP contribution in [0.2, 0.25) is 0 Å². The summed E-state index contributed by atoms with van der Waals surface area (Å²) in [6.45, 7) is 2.72. The molecule has 0 aliphatic rings. The third kappa shape index (κ3) is 4.03. The number of nitrogen functional groups attached to an aromatic ring is 1. The van der Waals surface area contributed by atoms with Crippen molar-refractivity contribution in [3.8, 4) is 0 Å². The minimum atomic E-state index is -0.905. The second-order valence-electron chi connectivity index (χ2n) is 6.08. The van der Waals surface area contributed by atoms with Crippen LogP contribution in [0.15, 0.2) is 55.1 Å². The summed E-state index contributed by atoms with van der Waals surface area (Å²) in [5.74, 6) is -1.21. The van der Waals surface area contributed by atoms with Gasteiger partial charge >= 0.3 is 5.97 Å². The molecule has 0 fully saturated rings. The molecule has 2 heterocycles.